The van der Waals surface area contributed by atoms with E-state index >= 15 is 0 Å². The van der Waals surface area contributed by atoms with Crippen LogP contribution in [0.3, 0.4) is 0 Å². The molecular weight excluding hydrogens is 310 g/mol. The van der Waals surface area contributed by atoms with Gasteiger partial charge in [-0.25, -0.2) is 18.1 Å². The van der Waals surface area contributed by atoms with Crippen molar-refractivity contribution < 1.29 is 8.42 Å². The Balaban J connectivity index is 1.78. The first kappa shape index (κ1) is 14.1. The van der Waals surface area contributed by atoms with Crippen molar-refractivity contribution >= 4 is 32.7 Å². The number of halogens is 1. The molecule has 0 radical (unpaired) electrons. The molecule has 21 heavy (non-hydrogen) atoms. The number of benzene rings is 2. The Morgan fingerprint density at radius 2 is 1.81 bits per heavy atom. The summed E-state index contributed by atoms with van der Waals surface area (Å²) in [5.41, 5.74) is 1.68. The van der Waals surface area contributed by atoms with Gasteiger partial charge >= 0.3 is 0 Å². The van der Waals surface area contributed by atoms with Crippen molar-refractivity contribution in [3.05, 3.63) is 59.4 Å². The summed E-state index contributed by atoms with van der Waals surface area (Å²) in [7, 11) is -3.58. The number of nitrogens with zero attached hydrogens (tertiary/aromatic N) is 1. The lowest BCUT2D eigenvalue weighted by molar-refractivity contribution is 0.579. The molecule has 0 spiro atoms. The number of hydrogen-bond acceptors (Lipinski definition) is 3. The molecule has 0 aliphatic heterocycles. The van der Waals surface area contributed by atoms with Gasteiger partial charge in [0.15, 0.2) is 0 Å². The van der Waals surface area contributed by atoms with Gasteiger partial charge in [-0.2, -0.15) is 0 Å². The number of nitrogens with one attached hydrogen (secondary N) is 2. The molecule has 3 aromatic rings. The summed E-state index contributed by atoms with van der Waals surface area (Å²) >= 11 is 5.75. The van der Waals surface area contributed by atoms with E-state index in [1.807, 2.05) is 24.3 Å². The van der Waals surface area contributed by atoms with Crippen LogP contribution in [0.5, 0.6) is 0 Å². The van der Waals surface area contributed by atoms with Gasteiger partial charge < -0.3 is 4.98 Å². The van der Waals surface area contributed by atoms with Gasteiger partial charge in [-0.3, -0.25) is 0 Å². The van der Waals surface area contributed by atoms with Crippen LogP contribution in [0.2, 0.25) is 5.02 Å². The molecule has 0 aliphatic rings. The van der Waals surface area contributed by atoms with Gasteiger partial charge in [0.25, 0.3) is 0 Å². The SMILES string of the molecule is O=S(=O)(NCc1nc2ccccc2[nH]1)c1ccc(Cl)cc1. The van der Waals surface area contributed by atoms with Crippen LogP contribution >= 0.6 is 11.6 Å². The molecule has 0 aliphatic carbocycles. The van der Waals surface area contributed by atoms with Crippen LogP contribution < -0.4 is 4.72 Å². The van der Waals surface area contributed by atoms with E-state index in [0.29, 0.717) is 10.8 Å². The number of rotatable bonds is 4. The first-order valence-corrected chi connectivity index (χ1v) is 8.09. The van der Waals surface area contributed by atoms with Gasteiger partial charge in [0.05, 0.1) is 22.5 Å². The van der Waals surface area contributed by atoms with Crippen molar-refractivity contribution in [1.29, 1.82) is 0 Å². The quantitative estimate of drug-likeness (QED) is 0.775. The van der Waals surface area contributed by atoms with E-state index in [0.717, 1.165) is 11.0 Å². The highest BCUT2D eigenvalue weighted by Crippen LogP contribution is 2.15. The Morgan fingerprint density at radius 3 is 2.52 bits per heavy atom. The molecule has 1 aromatic heterocycles. The summed E-state index contributed by atoms with van der Waals surface area (Å²) < 4.78 is 26.8. The molecule has 1 heterocycles. The predicted molar refractivity (Wildman–Crippen MR) is 81.6 cm³/mol. The summed E-state index contributed by atoms with van der Waals surface area (Å²) in [6.45, 7) is 0.0969. The van der Waals surface area contributed by atoms with Gasteiger partial charge in [-0.15, -0.1) is 0 Å². The number of imidazole rings is 1. The van der Waals surface area contributed by atoms with E-state index in [9.17, 15) is 8.42 Å². The number of H-pyrrole nitrogens is 1. The third-order valence-electron chi connectivity index (χ3n) is 2.99. The molecule has 0 amide bonds. The van der Waals surface area contributed by atoms with Gasteiger partial charge in [0.1, 0.15) is 5.82 Å². The van der Waals surface area contributed by atoms with Gasteiger partial charge in [-0.05, 0) is 36.4 Å². The molecule has 0 saturated carbocycles. The third-order valence-corrected chi connectivity index (χ3v) is 4.66. The fourth-order valence-corrected chi connectivity index (χ4v) is 3.06. The van der Waals surface area contributed by atoms with Crippen molar-refractivity contribution in [3.63, 3.8) is 0 Å². The summed E-state index contributed by atoms with van der Waals surface area (Å²) in [6.07, 6.45) is 0. The second-order valence-corrected chi connectivity index (χ2v) is 6.68. The zero-order valence-corrected chi connectivity index (χ0v) is 12.4. The zero-order chi connectivity index (χ0) is 14.9. The maximum Gasteiger partial charge on any atom is 0.240 e. The number of sulfonamides is 1. The number of para-hydroxylation sites is 2. The van der Waals surface area contributed by atoms with Crippen LogP contribution in [0.15, 0.2) is 53.4 Å². The third kappa shape index (κ3) is 3.07. The fraction of sp³-hybridized carbons (Fsp3) is 0.0714. The van der Waals surface area contributed by atoms with Crippen molar-refractivity contribution in [3.8, 4) is 0 Å². The van der Waals surface area contributed by atoms with E-state index in [-0.39, 0.29) is 11.4 Å². The molecule has 7 heteroatoms. The molecule has 108 valence electrons. The van der Waals surface area contributed by atoms with E-state index in [1.54, 1.807) is 0 Å². The molecule has 5 nitrogen and oxygen atoms in total. The molecule has 3 rings (SSSR count). The predicted octanol–water partition coefficient (Wildman–Crippen LogP) is 2.69. The molecule has 0 fully saturated rings. The molecule has 0 unspecified atom stereocenters. The van der Waals surface area contributed by atoms with Crippen molar-refractivity contribution in [1.82, 2.24) is 14.7 Å². The zero-order valence-electron chi connectivity index (χ0n) is 10.9. The minimum absolute atomic E-state index is 0.0969. The van der Waals surface area contributed by atoms with Crippen molar-refractivity contribution in [2.45, 2.75) is 11.4 Å². The van der Waals surface area contributed by atoms with Crippen LogP contribution in [-0.4, -0.2) is 18.4 Å². The fourth-order valence-electron chi connectivity index (χ4n) is 1.95. The Hall–Kier alpha value is -1.89. The monoisotopic (exact) mass is 321 g/mol. The molecule has 2 aromatic carbocycles. The van der Waals surface area contributed by atoms with Gasteiger partial charge in [-0.1, -0.05) is 23.7 Å². The molecular formula is C14H12ClN3O2S. The highest BCUT2D eigenvalue weighted by molar-refractivity contribution is 7.89. The van der Waals surface area contributed by atoms with E-state index in [1.165, 1.54) is 24.3 Å². The van der Waals surface area contributed by atoms with Crippen LogP contribution in [-0.2, 0) is 16.6 Å². The number of aromatic nitrogens is 2. The van der Waals surface area contributed by atoms with Crippen LogP contribution in [0, 0.1) is 0 Å². The summed E-state index contributed by atoms with van der Waals surface area (Å²) in [5.74, 6) is 0.564. The van der Waals surface area contributed by atoms with Crippen molar-refractivity contribution in [2.24, 2.45) is 0 Å². The number of hydrogen-bond donors (Lipinski definition) is 2. The number of aromatic amines is 1. The lowest BCUT2D eigenvalue weighted by atomic mass is 10.3. The lowest BCUT2D eigenvalue weighted by Gasteiger charge is -2.05. The summed E-state index contributed by atoms with van der Waals surface area (Å²) in [6, 6.07) is 13.5. The Labute approximate surface area is 127 Å². The average molecular weight is 322 g/mol. The first-order valence-electron chi connectivity index (χ1n) is 6.23. The van der Waals surface area contributed by atoms with Crippen molar-refractivity contribution in [2.75, 3.05) is 0 Å². The van der Waals surface area contributed by atoms with Gasteiger partial charge in [0.2, 0.25) is 10.0 Å². The average Bonchev–Trinajstić information content (AvgIpc) is 2.89. The minimum atomic E-state index is -3.58. The van der Waals surface area contributed by atoms with E-state index < -0.39 is 10.0 Å². The van der Waals surface area contributed by atoms with E-state index in [4.69, 9.17) is 11.6 Å². The minimum Gasteiger partial charge on any atom is -0.341 e. The molecule has 2 N–H and O–H groups in total. The smallest absolute Gasteiger partial charge is 0.240 e. The second-order valence-electron chi connectivity index (χ2n) is 4.48. The largest absolute Gasteiger partial charge is 0.341 e. The Kier molecular flexibility index (Phi) is 3.67. The summed E-state index contributed by atoms with van der Waals surface area (Å²) in [4.78, 5) is 7.56. The topological polar surface area (TPSA) is 74.8 Å². The Bertz CT molecular complexity index is 840. The highest BCUT2D eigenvalue weighted by atomic mass is 35.5. The molecule has 0 bridgehead atoms. The van der Waals surface area contributed by atoms with E-state index in [2.05, 4.69) is 14.7 Å². The van der Waals surface area contributed by atoms with Crippen LogP contribution in [0.25, 0.3) is 11.0 Å². The first-order chi connectivity index (χ1) is 10.0. The van der Waals surface area contributed by atoms with Crippen LogP contribution in [0.1, 0.15) is 5.82 Å². The number of fused-ring (bicyclic) bond motifs is 1. The highest BCUT2D eigenvalue weighted by Gasteiger charge is 2.14. The molecule has 0 atom stereocenters. The standard InChI is InChI=1S/C14H12ClN3O2S/c15-10-5-7-11(8-6-10)21(19,20)16-9-14-17-12-3-1-2-4-13(12)18-14/h1-8,16H,9H2,(H,17,18). The maximum absolute atomic E-state index is 12.1. The summed E-state index contributed by atoms with van der Waals surface area (Å²) in [5, 5.41) is 0.492. The molecule has 0 saturated heterocycles. The van der Waals surface area contributed by atoms with Gasteiger partial charge in [0, 0.05) is 5.02 Å². The normalized spacial score (nSPS) is 11.9. The van der Waals surface area contributed by atoms with Crippen LogP contribution in [0.4, 0.5) is 0 Å². The second kappa shape index (κ2) is 5.48. The lowest BCUT2D eigenvalue weighted by Crippen LogP contribution is -2.23. The maximum atomic E-state index is 12.1. The Morgan fingerprint density at radius 1 is 1.10 bits per heavy atom.